The maximum absolute atomic E-state index is 9.74. The molecule has 18 heavy (non-hydrogen) atoms. The van der Waals surface area contributed by atoms with Gasteiger partial charge in [0.1, 0.15) is 18.5 Å². The Kier molecular flexibility index (Phi) is 6.47. The SMILES string of the molecule is C=CCCNCC(O)COc1cc(C)cc(C)c1. The second-order valence-electron chi connectivity index (χ2n) is 4.57. The summed E-state index contributed by atoms with van der Waals surface area (Å²) in [7, 11) is 0. The zero-order valence-electron chi connectivity index (χ0n) is 11.3. The Hall–Kier alpha value is -1.32. The summed E-state index contributed by atoms with van der Waals surface area (Å²) in [6.45, 7) is 9.40. The lowest BCUT2D eigenvalue weighted by molar-refractivity contribution is 0.106. The number of nitrogens with one attached hydrogen (secondary N) is 1. The van der Waals surface area contributed by atoms with E-state index in [2.05, 4.69) is 18.0 Å². The Morgan fingerprint density at radius 3 is 2.61 bits per heavy atom. The molecule has 100 valence electrons. The minimum absolute atomic E-state index is 0.310. The fourth-order valence-electron chi connectivity index (χ4n) is 1.74. The number of hydrogen-bond donors (Lipinski definition) is 2. The first-order valence-electron chi connectivity index (χ1n) is 6.32. The van der Waals surface area contributed by atoms with Crippen LogP contribution in [0.5, 0.6) is 5.75 Å². The van der Waals surface area contributed by atoms with Crippen LogP contribution in [0.2, 0.25) is 0 Å². The average Bonchev–Trinajstić information content (AvgIpc) is 2.31. The van der Waals surface area contributed by atoms with E-state index in [-0.39, 0.29) is 0 Å². The fourth-order valence-corrected chi connectivity index (χ4v) is 1.74. The van der Waals surface area contributed by atoms with E-state index in [9.17, 15) is 5.11 Å². The predicted molar refractivity (Wildman–Crippen MR) is 75.1 cm³/mol. The summed E-state index contributed by atoms with van der Waals surface area (Å²) in [6, 6.07) is 6.05. The Bertz CT molecular complexity index is 357. The molecule has 1 aromatic carbocycles. The van der Waals surface area contributed by atoms with Gasteiger partial charge in [0, 0.05) is 6.54 Å². The topological polar surface area (TPSA) is 41.5 Å². The highest BCUT2D eigenvalue weighted by Crippen LogP contribution is 2.16. The monoisotopic (exact) mass is 249 g/mol. The summed E-state index contributed by atoms with van der Waals surface area (Å²) in [4.78, 5) is 0. The number of aliphatic hydroxyl groups excluding tert-OH is 1. The van der Waals surface area contributed by atoms with Crippen molar-refractivity contribution < 1.29 is 9.84 Å². The summed E-state index contributed by atoms with van der Waals surface area (Å²) in [6.07, 6.45) is 2.27. The van der Waals surface area contributed by atoms with Gasteiger partial charge in [-0.3, -0.25) is 0 Å². The molecule has 0 amide bonds. The molecule has 0 saturated heterocycles. The van der Waals surface area contributed by atoms with E-state index in [1.165, 1.54) is 11.1 Å². The highest BCUT2D eigenvalue weighted by atomic mass is 16.5. The average molecular weight is 249 g/mol. The summed E-state index contributed by atoms with van der Waals surface area (Å²) in [5.74, 6) is 0.817. The minimum atomic E-state index is -0.490. The maximum Gasteiger partial charge on any atom is 0.119 e. The summed E-state index contributed by atoms with van der Waals surface area (Å²) in [5.41, 5.74) is 2.34. The first-order chi connectivity index (χ1) is 8.61. The number of benzene rings is 1. The third kappa shape index (κ3) is 5.84. The lowest BCUT2D eigenvalue weighted by Gasteiger charge is -2.13. The molecule has 0 spiro atoms. The van der Waals surface area contributed by atoms with Crippen molar-refractivity contribution in [2.24, 2.45) is 0 Å². The molecule has 0 aliphatic heterocycles. The van der Waals surface area contributed by atoms with Crippen LogP contribution in [0.3, 0.4) is 0 Å². The van der Waals surface area contributed by atoms with Gasteiger partial charge in [-0.1, -0.05) is 12.1 Å². The molecule has 0 aromatic heterocycles. The molecule has 1 aromatic rings. The fraction of sp³-hybridized carbons (Fsp3) is 0.467. The van der Waals surface area contributed by atoms with Gasteiger partial charge in [0.05, 0.1) is 0 Å². The zero-order chi connectivity index (χ0) is 13.4. The highest BCUT2D eigenvalue weighted by molar-refractivity contribution is 5.32. The van der Waals surface area contributed by atoms with Gasteiger partial charge >= 0.3 is 0 Å². The Labute approximate surface area is 109 Å². The maximum atomic E-state index is 9.74. The van der Waals surface area contributed by atoms with Crippen molar-refractivity contribution in [1.82, 2.24) is 5.32 Å². The second-order valence-corrected chi connectivity index (χ2v) is 4.57. The number of hydrogen-bond acceptors (Lipinski definition) is 3. The molecule has 0 radical (unpaired) electrons. The van der Waals surface area contributed by atoms with Crippen molar-refractivity contribution in [1.29, 1.82) is 0 Å². The summed E-state index contributed by atoms with van der Waals surface area (Å²) in [5, 5.41) is 12.9. The molecule has 0 aliphatic rings. The number of aliphatic hydroxyl groups is 1. The largest absolute Gasteiger partial charge is 0.491 e. The van der Waals surface area contributed by atoms with Crippen LogP contribution in [0.25, 0.3) is 0 Å². The van der Waals surface area contributed by atoms with Crippen LogP contribution < -0.4 is 10.1 Å². The van der Waals surface area contributed by atoms with Crippen LogP contribution >= 0.6 is 0 Å². The minimum Gasteiger partial charge on any atom is -0.491 e. The molecule has 1 atom stereocenters. The summed E-state index contributed by atoms with van der Waals surface area (Å²) >= 11 is 0. The highest BCUT2D eigenvalue weighted by Gasteiger charge is 2.05. The van der Waals surface area contributed by atoms with Gasteiger partial charge < -0.3 is 15.2 Å². The van der Waals surface area contributed by atoms with E-state index in [0.29, 0.717) is 13.2 Å². The van der Waals surface area contributed by atoms with Crippen LogP contribution in [-0.2, 0) is 0 Å². The molecular weight excluding hydrogens is 226 g/mol. The smallest absolute Gasteiger partial charge is 0.119 e. The van der Waals surface area contributed by atoms with Gasteiger partial charge in [-0.15, -0.1) is 6.58 Å². The third-order valence-electron chi connectivity index (χ3n) is 2.54. The van der Waals surface area contributed by atoms with E-state index < -0.39 is 6.10 Å². The number of ether oxygens (including phenoxy) is 1. The molecule has 1 unspecified atom stereocenters. The van der Waals surface area contributed by atoms with Crippen molar-refractivity contribution in [2.75, 3.05) is 19.7 Å². The zero-order valence-corrected chi connectivity index (χ0v) is 11.3. The van der Waals surface area contributed by atoms with Crippen molar-refractivity contribution in [2.45, 2.75) is 26.4 Å². The molecule has 1 rings (SSSR count). The lowest BCUT2D eigenvalue weighted by Crippen LogP contribution is -2.31. The molecule has 0 bridgehead atoms. The van der Waals surface area contributed by atoms with Crippen molar-refractivity contribution >= 4 is 0 Å². The standard InChI is InChI=1S/C15H23NO2/c1-4-5-6-16-10-14(17)11-18-15-8-12(2)7-13(3)9-15/h4,7-9,14,16-17H,1,5-6,10-11H2,2-3H3. The molecule has 0 aliphatic carbocycles. The van der Waals surface area contributed by atoms with Crippen LogP contribution in [0, 0.1) is 13.8 Å². The van der Waals surface area contributed by atoms with Crippen LogP contribution in [0.1, 0.15) is 17.5 Å². The normalized spacial score (nSPS) is 12.2. The first-order valence-corrected chi connectivity index (χ1v) is 6.32. The van der Waals surface area contributed by atoms with Gasteiger partial charge in [0.2, 0.25) is 0 Å². The van der Waals surface area contributed by atoms with Crippen LogP contribution in [0.15, 0.2) is 30.9 Å². The van der Waals surface area contributed by atoms with Crippen molar-refractivity contribution in [3.8, 4) is 5.75 Å². The Balaban J connectivity index is 2.28. The van der Waals surface area contributed by atoms with Gasteiger partial charge in [-0.25, -0.2) is 0 Å². The molecule has 0 heterocycles. The van der Waals surface area contributed by atoms with Gasteiger partial charge in [0.15, 0.2) is 0 Å². The second kappa shape index (κ2) is 7.90. The van der Waals surface area contributed by atoms with E-state index in [0.717, 1.165) is 18.7 Å². The molecular formula is C15H23NO2. The Morgan fingerprint density at radius 2 is 2.00 bits per heavy atom. The molecule has 3 heteroatoms. The first kappa shape index (κ1) is 14.7. The number of aryl methyl sites for hydroxylation is 2. The van der Waals surface area contributed by atoms with Gasteiger partial charge in [0.25, 0.3) is 0 Å². The molecule has 3 nitrogen and oxygen atoms in total. The number of rotatable bonds is 8. The van der Waals surface area contributed by atoms with Crippen LogP contribution in [0.4, 0.5) is 0 Å². The van der Waals surface area contributed by atoms with E-state index in [4.69, 9.17) is 4.74 Å². The van der Waals surface area contributed by atoms with Gasteiger partial charge in [-0.2, -0.15) is 0 Å². The van der Waals surface area contributed by atoms with Crippen molar-refractivity contribution in [3.05, 3.63) is 42.0 Å². The lowest BCUT2D eigenvalue weighted by atomic mass is 10.1. The van der Waals surface area contributed by atoms with Crippen molar-refractivity contribution in [3.63, 3.8) is 0 Å². The third-order valence-corrected chi connectivity index (χ3v) is 2.54. The predicted octanol–water partition coefficient (Wildman–Crippen LogP) is 2.21. The van der Waals surface area contributed by atoms with Gasteiger partial charge in [-0.05, 0) is 50.1 Å². The molecule has 0 fully saturated rings. The molecule has 0 saturated carbocycles. The van der Waals surface area contributed by atoms with E-state index in [1.54, 1.807) is 0 Å². The van der Waals surface area contributed by atoms with E-state index >= 15 is 0 Å². The van der Waals surface area contributed by atoms with E-state index in [1.807, 2.05) is 32.1 Å². The Morgan fingerprint density at radius 1 is 1.33 bits per heavy atom. The summed E-state index contributed by atoms with van der Waals surface area (Å²) < 4.78 is 5.58. The quantitative estimate of drug-likeness (QED) is 0.548. The molecule has 2 N–H and O–H groups in total. The van der Waals surface area contributed by atoms with Crippen LogP contribution in [-0.4, -0.2) is 30.9 Å².